The molecular formula is C15H23ClN2S. The average Bonchev–Trinajstić information content (AvgIpc) is 2.29. The second-order valence-corrected chi connectivity index (χ2v) is 7.93. The average molecular weight is 299 g/mol. The monoisotopic (exact) mass is 298 g/mol. The number of rotatable bonds is 3. The normalized spacial score (nSPS) is 25.4. The van der Waals surface area contributed by atoms with Crippen molar-refractivity contribution in [1.29, 1.82) is 0 Å². The quantitative estimate of drug-likeness (QED) is 0.925. The van der Waals surface area contributed by atoms with Crippen LogP contribution in [0.5, 0.6) is 0 Å². The van der Waals surface area contributed by atoms with Crippen LogP contribution in [0, 0.1) is 0 Å². The Morgan fingerprint density at radius 2 is 2.00 bits per heavy atom. The maximum Gasteiger partial charge on any atom is 0.0426 e. The Balaban J connectivity index is 2.28. The molecule has 0 amide bonds. The summed E-state index contributed by atoms with van der Waals surface area (Å²) in [5, 5.41) is 2.12. The van der Waals surface area contributed by atoms with Crippen molar-refractivity contribution in [3.05, 3.63) is 28.8 Å². The van der Waals surface area contributed by atoms with Gasteiger partial charge in [0.15, 0.2) is 0 Å². The molecule has 4 heteroatoms. The number of halogens is 1. The van der Waals surface area contributed by atoms with E-state index < -0.39 is 0 Å². The fourth-order valence-electron chi connectivity index (χ4n) is 2.73. The van der Waals surface area contributed by atoms with Crippen molar-refractivity contribution in [2.24, 2.45) is 5.73 Å². The molecule has 3 atom stereocenters. The summed E-state index contributed by atoms with van der Waals surface area (Å²) in [6.45, 7) is 8.81. The fourth-order valence-corrected chi connectivity index (χ4v) is 4.22. The zero-order chi connectivity index (χ0) is 14.0. The van der Waals surface area contributed by atoms with E-state index in [4.69, 9.17) is 17.3 Å². The Morgan fingerprint density at radius 1 is 1.37 bits per heavy atom. The topological polar surface area (TPSA) is 29.3 Å². The summed E-state index contributed by atoms with van der Waals surface area (Å²) in [5.41, 5.74) is 8.54. The van der Waals surface area contributed by atoms with Crippen LogP contribution in [0.1, 0.15) is 26.3 Å². The van der Waals surface area contributed by atoms with E-state index in [2.05, 4.69) is 49.6 Å². The molecule has 1 aromatic rings. The third-order valence-corrected chi connectivity index (χ3v) is 4.81. The highest BCUT2D eigenvalue weighted by atomic mass is 35.5. The van der Waals surface area contributed by atoms with Crippen LogP contribution in [0.3, 0.4) is 0 Å². The highest BCUT2D eigenvalue weighted by molar-refractivity contribution is 8.00. The molecule has 2 rings (SSSR count). The number of anilines is 1. The molecule has 1 fully saturated rings. The molecule has 1 saturated heterocycles. The molecule has 1 aromatic carbocycles. The van der Waals surface area contributed by atoms with Crippen molar-refractivity contribution in [3.63, 3.8) is 0 Å². The summed E-state index contributed by atoms with van der Waals surface area (Å²) in [7, 11) is 0. The van der Waals surface area contributed by atoms with Crippen molar-refractivity contribution < 1.29 is 0 Å². The van der Waals surface area contributed by atoms with Gasteiger partial charge in [0.05, 0.1) is 0 Å². The highest BCUT2D eigenvalue weighted by Gasteiger charge is 2.24. The molecule has 0 aromatic heterocycles. The van der Waals surface area contributed by atoms with Crippen LogP contribution >= 0.6 is 23.4 Å². The number of nitrogens with zero attached hydrogens (tertiary/aromatic N) is 1. The molecule has 0 aliphatic carbocycles. The highest BCUT2D eigenvalue weighted by Crippen LogP contribution is 2.32. The molecule has 2 N–H and O–H groups in total. The van der Waals surface area contributed by atoms with Gasteiger partial charge in [-0.05, 0) is 31.0 Å². The van der Waals surface area contributed by atoms with Crippen molar-refractivity contribution in [2.75, 3.05) is 18.0 Å². The summed E-state index contributed by atoms with van der Waals surface area (Å²) in [4.78, 5) is 2.47. The standard InChI is InChI=1S/C15H23ClN2S/c1-10(17)6-13-4-5-14(16)7-15(13)18-8-11(2)19-12(3)9-18/h4-5,7,10-12H,6,8-9,17H2,1-3H3. The molecule has 1 aliphatic rings. The number of thioether (sulfide) groups is 1. The molecule has 0 spiro atoms. The first kappa shape index (κ1) is 15.0. The molecule has 2 nitrogen and oxygen atoms in total. The molecule has 0 saturated carbocycles. The third-order valence-electron chi connectivity index (χ3n) is 3.35. The van der Waals surface area contributed by atoms with Gasteiger partial charge in [-0.1, -0.05) is 31.5 Å². The van der Waals surface area contributed by atoms with Crippen LogP contribution in [-0.4, -0.2) is 29.6 Å². The van der Waals surface area contributed by atoms with Crippen molar-refractivity contribution >= 4 is 29.1 Å². The van der Waals surface area contributed by atoms with Gasteiger partial charge in [0.25, 0.3) is 0 Å². The minimum absolute atomic E-state index is 0.175. The van der Waals surface area contributed by atoms with E-state index in [1.165, 1.54) is 11.3 Å². The predicted molar refractivity (Wildman–Crippen MR) is 87.5 cm³/mol. The Kier molecular flexibility index (Phi) is 5.04. The van der Waals surface area contributed by atoms with Gasteiger partial charge in [-0.15, -0.1) is 0 Å². The molecule has 3 unspecified atom stereocenters. The first-order valence-electron chi connectivity index (χ1n) is 6.90. The van der Waals surface area contributed by atoms with E-state index in [9.17, 15) is 0 Å². The smallest absolute Gasteiger partial charge is 0.0426 e. The Labute approximate surface area is 125 Å². The van der Waals surface area contributed by atoms with E-state index in [1.54, 1.807) is 0 Å². The SMILES string of the molecule is CC(N)Cc1ccc(Cl)cc1N1CC(C)SC(C)C1. The lowest BCUT2D eigenvalue weighted by atomic mass is 10.0. The van der Waals surface area contributed by atoms with Crippen LogP contribution in [0.15, 0.2) is 18.2 Å². The van der Waals surface area contributed by atoms with Crippen LogP contribution in [0.25, 0.3) is 0 Å². The van der Waals surface area contributed by atoms with Crippen LogP contribution < -0.4 is 10.6 Å². The van der Waals surface area contributed by atoms with Gasteiger partial charge < -0.3 is 10.6 Å². The van der Waals surface area contributed by atoms with Crippen molar-refractivity contribution in [3.8, 4) is 0 Å². The summed E-state index contributed by atoms with van der Waals surface area (Å²) in [6, 6.07) is 6.36. The van der Waals surface area contributed by atoms with Gasteiger partial charge in [0.2, 0.25) is 0 Å². The maximum atomic E-state index is 6.18. The summed E-state index contributed by atoms with van der Waals surface area (Å²) in [6.07, 6.45) is 0.902. The van der Waals surface area contributed by atoms with Gasteiger partial charge in [-0.2, -0.15) is 11.8 Å². The Morgan fingerprint density at radius 3 is 2.58 bits per heavy atom. The van der Waals surface area contributed by atoms with Gasteiger partial charge in [0.1, 0.15) is 0 Å². The van der Waals surface area contributed by atoms with Gasteiger partial charge in [-0.3, -0.25) is 0 Å². The number of hydrogen-bond acceptors (Lipinski definition) is 3. The van der Waals surface area contributed by atoms with Crippen molar-refractivity contribution in [1.82, 2.24) is 0 Å². The first-order chi connectivity index (χ1) is 8.95. The predicted octanol–water partition coefficient (Wildman–Crippen LogP) is 3.56. The molecule has 1 heterocycles. The van der Waals surface area contributed by atoms with E-state index in [0.29, 0.717) is 10.5 Å². The third kappa shape index (κ3) is 4.04. The molecule has 0 bridgehead atoms. The van der Waals surface area contributed by atoms with E-state index in [1.807, 2.05) is 6.07 Å². The van der Waals surface area contributed by atoms with Gasteiger partial charge in [0, 0.05) is 40.3 Å². The largest absolute Gasteiger partial charge is 0.369 e. The number of benzene rings is 1. The maximum absolute atomic E-state index is 6.18. The molecule has 19 heavy (non-hydrogen) atoms. The zero-order valence-electron chi connectivity index (χ0n) is 11.9. The van der Waals surface area contributed by atoms with Crippen LogP contribution in [-0.2, 0) is 6.42 Å². The Hall–Kier alpha value is -0.380. The molecule has 1 aliphatic heterocycles. The second-order valence-electron chi connectivity index (χ2n) is 5.62. The fraction of sp³-hybridized carbons (Fsp3) is 0.600. The van der Waals surface area contributed by atoms with E-state index >= 15 is 0 Å². The lowest BCUT2D eigenvalue weighted by molar-refractivity contribution is 0.705. The van der Waals surface area contributed by atoms with Gasteiger partial charge >= 0.3 is 0 Å². The second kappa shape index (κ2) is 6.38. The van der Waals surface area contributed by atoms with Crippen LogP contribution in [0.4, 0.5) is 5.69 Å². The number of hydrogen-bond donors (Lipinski definition) is 1. The zero-order valence-corrected chi connectivity index (χ0v) is 13.5. The minimum Gasteiger partial charge on any atom is -0.369 e. The summed E-state index contributed by atoms with van der Waals surface area (Å²) in [5.74, 6) is 0. The molecule has 106 valence electrons. The summed E-state index contributed by atoms with van der Waals surface area (Å²) < 4.78 is 0. The van der Waals surface area contributed by atoms with Gasteiger partial charge in [-0.25, -0.2) is 0 Å². The van der Waals surface area contributed by atoms with E-state index in [-0.39, 0.29) is 6.04 Å². The van der Waals surface area contributed by atoms with Crippen LogP contribution in [0.2, 0.25) is 5.02 Å². The Bertz CT molecular complexity index is 426. The van der Waals surface area contributed by atoms with Crippen molar-refractivity contribution in [2.45, 2.75) is 43.7 Å². The minimum atomic E-state index is 0.175. The summed E-state index contributed by atoms with van der Waals surface area (Å²) >= 11 is 8.25. The molecule has 0 radical (unpaired) electrons. The van der Waals surface area contributed by atoms with E-state index in [0.717, 1.165) is 24.5 Å². The first-order valence-corrected chi connectivity index (χ1v) is 8.22. The lowest BCUT2D eigenvalue weighted by Gasteiger charge is -2.37. The molecular weight excluding hydrogens is 276 g/mol. The lowest BCUT2D eigenvalue weighted by Crippen LogP contribution is -2.41. The number of nitrogens with two attached hydrogens (primary N) is 1.